The van der Waals surface area contributed by atoms with Crippen LogP contribution in [0, 0.1) is 0 Å². The summed E-state index contributed by atoms with van der Waals surface area (Å²) in [4.78, 5) is 3.22. The third kappa shape index (κ3) is 3.76. The standard InChI is InChI=1S/C12H21N3O2S2/c1-14(2)11(12-6-5-9-18-12)10-13-19(16,17)15-7-3-4-8-15/h5-6,9,11,13H,3-4,7-8,10H2,1-2H3. The minimum Gasteiger partial charge on any atom is -0.300 e. The molecule has 2 heterocycles. The van der Waals surface area contributed by atoms with E-state index < -0.39 is 10.2 Å². The molecule has 19 heavy (non-hydrogen) atoms. The zero-order chi connectivity index (χ0) is 13.9. The Balaban J connectivity index is 1.99. The number of nitrogens with zero attached hydrogens (tertiary/aromatic N) is 2. The van der Waals surface area contributed by atoms with Crippen LogP contribution in [-0.2, 0) is 10.2 Å². The first kappa shape index (κ1) is 14.9. The molecule has 0 radical (unpaired) electrons. The van der Waals surface area contributed by atoms with Gasteiger partial charge < -0.3 is 4.90 Å². The highest BCUT2D eigenvalue weighted by molar-refractivity contribution is 7.87. The lowest BCUT2D eigenvalue weighted by molar-refractivity contribution is 0.301. The molecular weight excluding hydrogens is 282 g/mol. The van der Waals surface area contributed by atoms with Crippen molar-refractivity contribution in [1.29, 1.82) is 0 Å². The maximum absolute atomic E-state index is 12.1. The second-order valence-corrected chi connectivity index (χ2v) is 7.69. The molecule has 108 valence electrons. The highest BCUT2D eigenvalue weighted by Gasteiger charge is 2.26. The summed E-state index contributed by atoms with van der Waals surface area (Å²) >= 11 is 1.65. The van der Waals surface area contributed by atoms with Gasteiger partial charge in [-0.15, -0.1) is 11.3 Å². The number of likely N-dealkylation sites (N-methyl/N-ethyl adjacent to an activating group) is 1. The number of hydrogen-bond acceptors (Lipinski definition) is 4. The first-order chi connectivity index (χ1) is 9.00. The Morgan fingerprint density at radius 3 is 2.63 bits per heavy atom. The highest BCUT2D eigenvalue weighted by atomic mass is 32.2. The van der Waals surface area contributed by atoms with Gasteiger partial charge in [-0.3, -0.25) is 0 Å². The van der Waals surface area contributed by atoms with Crippen molar-refractivity contribution < 1.29 is 8.42 Å². The first-order valence-electron chi connectivity index (χ1n) is 6.45. The van der Waals surface area contributed by atoms with Crippen LogP contribution in [0.15, 0.2) is 17.5 Å². The third-order valence-corrected chi connectivity index (χ3v) is 5.91. The lowest BCUT2D eigenvalue weighted by Gasteiger charge is -2.25. The van der Waals surface area contributed by atoms with Crippen LogP contribution in [0.4, 0.5) is 0 Å². The van der Waals surface area contributed by atoms with E-state index in [1.807, 2.05) is 36.5 Å². The fourth-order valence-corrected chi connectivity index (χ4v) is 4.44. The molecule has 1 aromatic heterocycles. The maximum atomic E-state index is 12.1. The van der Waals surface area contributed by atoms with Gasteiger partial charge in [-0.2, -0.15) is 12.7 Å². The van der Waals surface area contributed by atoms with Gasteiger partial charge in [0.15, 0.2) is 0 Å². The van der Waals surface area contributed by atoms with Crippen LogP contribution in [0.5, 0.6) is 0 Å². The number of thiophene rings is 1. The van der Waals surface area contributed by atoms with Gasteiger partial charge >= 0.3 is 0 Å². The van der Waals surface area contributed by atoms with Crippen molar-refractivity contribution in [3.8, 4) is 0 Å². The molecule has 0 amide bonds. The molecule has 1 N–H and O–H groups in total. The van der Waals surface area contributed by atoms with E-state index in [1.54, 1.807) is 11.3 Å². The molecule has 2 rings (SSSR count). The predicted octanol–water partition coefficient (Wildman–Crippen LogP) is 1.28. The van der Waals surface area contributed by atoms with Gasteiger partial charge in [0.2, 0.25) is 0 Å². The van der Waals surface area contributed by atoms with Gasteiger partial charge in [0.25, 0.3) is 10.2 Å². The van der Waals surface area contributed by atoms with Gasteiger partial charge in [-0.25, -0.2) is 4.72 Å². The zero-order valence-corrected chi connectivity index (χ0v) is 13.0. The minimum absolute atomic E-state index is 0.0809. The van der Waals surface area contributed by atoms with Crippen molar-refractivity contribution in [1.82, 2.24) is 13.9 Å². The molecule has 1 aliphatic rings. The normalized spacial score (nSPS) is 19.1. The van der Waals surface area contributed by atoms with Crippen molar-refractivity contribution in [2.24, 2.45) is 0 Å². The average molecular weight is 303 g/mol. The van der Waals surface area contributed by atoms with Crippen molar-refractivity contribution in [2.75, 3.05) is 33.7 Å². The Kier molecular flexibility index (Phi) is 4.97. The Bertz CT molecular complexity index is 479. The van der Waals surface area contributed by atoms with E-state index >= 15 is 0 Å². The first-order valence-corrected chi connectivity index (χ1v) is 8.77. The van der Waals surface area contributed by atoms with Crippen LogP contribution >= 0.6 is 11.3 Å². The van der Waals surface area contributed by atoms with Crippen LogP contribution in [0.25, 0.3) is 0 Å². The SMILES string of the molecule is CN(C)C(CNS(=O)(=O)N1CCCC1)c1cccs1. The molecular formula is C12H21N3O2S2. The summed E-state index contributed by atoms with van der Waals surface area (Å²) in [6.45, 7) is 1.69. The molecule has 0 aliphatic carbocycles. The van der Waals surface area contributed by atoms with Crippen molar-refractivity contribution >= 4 is 21.5 Å². The van der Waals surface area contributed by atoms with E-state index in [0.29, 0.717) is 19.6 Å². The van der Waals surface area contributed by atoms with Gasteiger partial charge in [0.1, 0.15) is 0 Å². The lowest BCUT2D eigenvalue weighted by atomic mass is 10.2. The zero-order valence-electron chi connectivity index (χ0n) is 11.4. The largest absolute Gasteiger partial charge is 0.300 e. The van der Waals surface area contributed by atoms with Crippen LogP contribution in [0.3, 0.4) is 0 Å². The summed E-state index contributed by atoms with van der Waals surface area (Å²) < 4.78 is 28.5. The highest BCUT2D eigenvalue weighted by Crippen LogP contribution is 2.23. The molecule has 7 heteroatoms. The second kappa shape index (κ2) is 6.32. The van der Waals surface area contributed by atoms with E-state index in [-0.39, 0.29) is 6.04 Å². The molecule has 0 spiro atoms. The monoisotopic (exact) mass is 303 g/mol. The Morgan fingerprint density at radius 2 is 2.11 bits per heavy atom. The third-order valence-electron chi connectivity index (χ3n) is 3.36. The van der Waals surface area contributed by atoms with Crippen molar-refractivity contribution in [2.45, 2.75) is 18.9 Å². The molecule has 1 fully saturated rings. The molecule has 5 nitrogen and oxygen atoms in total. The molecule has 0 saturated carbocycles. The Labute approximate surface area is 119 Å². The van der Waals surface area contributed by atoms with E-state index in [0.717, 1.165) is 12.8 Å². The van der Waals surface area contributed by atoms with Gasteiger partial charge in [0, 0.05) is 24.5 Å². The van der Waals surface area contributed by atoms with E-state index in [1.165, 1.54) is 9.18 Å². The quantitative estimate of drug-likeness (QED) is 0.861. The van der Waals surface area contributed by atoms with Crippen LogP contribution < -0.4 is 4.72 Å². The van der Waals surface area contributed by atoms with Gasteiger partial charge in [-0.05, 0) is 38.4 Å². The summed E-state index contributed by atoms with van der Waals surface area (Å²) in [7, 11) is 0.615. The fourth-order valence-electron chi connectivity index (χ4n) is 2.22. The number of rotatable bonds is 6. The summed E-state index contributed by atoms with van der Waals surface area (Å²) in [6, 6.07) is 4.11. The average Bonchev–Trinajstić information content (AvgIpc) is 3.02. The molecule has 1 aromatic rings. The van der Waals surface area contributed by atoms with E-state index in [9.17, 15) is 8.42 Å². The summed E-state index contributed by atoms with van der Waals surface area (Å²) in [6.07, 6.45) is 1.92. The van der Waals surface area contributed by atoms with Crippen molar-refractivity contribution in [3.63, 3.8) is 0 Å². The number of hydrogen-bond donors (Lipinski definition) is 1. The molecule has 0 bridgehead atoms. The molecule has 0 aromatic carbocycles. The molecule has 1 saturated heterocycles. The van der Waals surface area contributed by atoms with Crippen LogP contribution in [-0.4, -0.2) is 51.4 Å². The number of nitrogens with one attached hydrogen (secondary N) is 1. The summed E-state index contributed by atoms with van der Waals surface area (Å²) in [5.74, 6) is 0. The predicted molar refractivity (Wildman–Crippen MR) is 78.5 cm³/mol. The molecule has 1 unspecified atom stereocenters. The smallest absolute Gasteiger partial charge is 0.279 e. The van der Waals surface area contributed by atoms with Crippen LogP contribution in [0.1, 0.15) is 23.8 Å². The maximum Gasteiger partial charge on any atom is 0.279 e. The summed E-state index contributed by atoms with van der Waals surface area (Å²) in [5, 5.41) is 2.01. The Morgan fingerprint density at radius 1 is 1.42 bits per heavy atom. The van der Waals surface area contributed by atoms with Gasteiger partial charge in [-0.1, -0.05) is 6.07 Å². The topological polar surface area (TPSA) is 52.7 Å². The van der Waals surface area contributed by atoms with Crippen molar-refractivity contribution in [3.05, 3.63) is 22.4 Å². The second-order valence-electron chi connectivity index (χ2n) is 4.95. The van der Waals surface area contributed by atoms with E-state index in [4.69, 9.17) is 0 Å². The summed E-state index contributed by atoms with van der Waals surface area (Å²) in [5.41, 5.74) is 0. The fraction of sp³-hybridized carbons (Fsp3) is 0.667. The lowest BCUT2D eigenvalue weighted by Crippen LogP contribution is -2.42. The van der Waals surface area contributed by atoms with Gasteiger partial charge in [0.05, 0.1) is 6.04 Å². The van der Waals surface area contributed by atoms with Crippen LogP contribution in [0.2, 0.25) is 0 Å². The minimum atomic E-state index is -3.32. The van der Waals surface area contributed by atoms with E-state index in [2.05, 4.69) is 4.72 Å². The molecule has 1 aliphatic heterocycles. The molecule has 1 atom stereocenters. The Hall–Kier alpha value is -0.470.